The predicted molar refractivity (Wildman–Crippen MR) is 88.2 cm³/mol. The first kappa shape index (κ1) is 17.0. The van der Waals surface area contributed by atoms with Gasteiger partial charge in [0.05, 0.1) is 6.10 Å². The van der Waals surface area contributed by atoms with E-state index in [1.54, 1.807) is 0 Å². The van der Waals surface area contributed by atoms with Crippen molar-refractivity contribution in [3.05, 3.63) is 30.3 Å². The molecule has 0 aliphatic heterocycles. The van der Waals surface area contributed by atoms with Crippen LogP contribution in [0.1, 0.15) is 64.7 Å². The molecule has 0 fully saturated rings. The first-order chi connectivity index (χ1) is 9.83. The standard InChI is InChI=1S/C18H31NO/c1-2-3-4-5-6-7-8-12-15-18(20)16-19-17-13-10-9-11-14-17/h9-11,13-14,18-20H,2-8,12,15-16H2,1H3. The zero-order chi connectivity index (χ0) is 14.5. The van der Waals surface area contributed by atoms with E-state index < -0.39 is 0 Å². The Kier molecular flexibility index (Phi) is 10.0. The lowest BCUT2D eigenvalue weighted by atomic mass is 10.1. The summed E-state index contributed by atoms with van der Waals surface area (Å²) >= 11 is 0. The third kappa shape index (κ3) is 8.98. The van der Waals surface area contributed by atoms with Crippen molar-refractivity contribution in [1.82, 2.24) is 0 Å². The Labute approximate surface area is 124 Å². The fraction of sp³-hybridized carbons (Fsp3) is 0.667. The summed E-state index contributed by atoms with van der Waals surface area (Å²) in [5, 5.41) is 13.2. The van der Waals surface area contributed by atoms with Crippen molar-refractivity contribution < 1.29 is 5.11 Å². The molecule has 1 aromatic carbocycles. The van der Waals surface area contributed by atoms with Crippen LogP contribution in [0.3, 0.4) is 0 Å². The van der Waals surface area contributed by atoms with Crippen LogP contribution < -0.4 is 5.32 Å². The van der Waals surface area contributed by atoms with E-state index >= 15 is 0 Å². The van der Waals surface area contributed by atoms with E-state index in [1.807, 2.05) is 30.3 Å². The molecule has 1 aromatic rings. The van der Waals surface area contributed by atoms with E-state index in [4.69, 9.17) is 0 Å². The lowest BCUT2D eigenvalue weighted by Crippen LogP contribution is -2.19. The average molecular weight is 277 g/mol. The maximum atomic E-state index is 9.92. The Bertz CT molecular complexity index is 312. The first-order valence-electron chi connectivity index (χ1n) is 8.30. The second-order valence-electron chi connectivity index (χ2n) is 5.66. The second kappa shape index (κ2) is 11.8. The quantitative estimate of drug-likeness (QED) is 0.527. The van der Waals surface area contributed by atoms with Gasteiger partial charge in [-0.25, -0.2) is 0 Å². The second-order valence-corrected chi connectivity index (χ2v) is 5.66. The van der Waals surface area contributed by atoms with Crippen LogP contribution in [0.15, 0.2) is 30.3 Å². The molecule has 0 spiro atoms. The highest BCUT2D eigenvalue weighted by molar-refractivity contribution is 5.42. The minimum absolute atomic E-state index is 0.227. The summed E-state index contributed by atoms with van der Waals surface area (Å²) in [7, 11) is 0. The van der Waals surface area contributed by atoms with Crippen LogP contribution in [0, 0.1) is 0 Å². The van der Waals surface area contributed by atoms with Gasteiger partial charge < -0.3 is 10.4 Å². The van der Waals surface area contributed by atoms with Crippen LogP contribution in [0.2, 0.25) is 0 Å². The van der Waals surface area contributed by atoms with Gasteiger partial charge in [-0.05, 0) is 18.6 Å². The predicted octanol–water partition coefficient (Wildman–Crippen LogP) is 4.99. The van der Waals surface area contributed by atoms with E-state index in [1.165, 1.54) is 44.9 Å². The number of hydrogen-bond acceptors (Lipinski definition) is 2. The molecule has 2 N–H and O–H groups in total. The number of aliphatic hydroxyl groups is 1. The number of unbranched alkanes of at least 4 members (excludes halogenated alkanes) is 7. The van der Waals surface area contributed by atoms with Crippen molar-refractivity contribution in [3.8, 4) is 0 Å². The van der Waals surface area contributed by atoms with E-state index in [0.717, 1.165) is 18.5 Å². The molecule has 0 aromatic heterocycles. The smallest absolute Gasteiger partial charge is 0.0712 e. The molecule has 0 aliphatic carbocycles. The largest absolute Gasteiger partial charge is 0.391 e. The van der Waals surface area contributed by atoms with E-state index in [9.17, 15) is 5.11 Å². The van der Waals surface area contributed by atoms with E-state index in [2.05, 4.69) is 12.2 Å². The molecule has 0 amide bonds. The normalized spacial score (nSPS) is 12.3. The summed E-state index contributed by atoms with van der Waals surface area (Å²) in [5.41, 5.74) is 1.09. The first-order valence-corrected chi connectivity index (χ1v) is 8.30. The van der Waals surface area contributed by atoms with Gasteiger partial charge in [0.1, 0.15) is 0 Å². The Morgan fingerprint density at radius 1 is 0.900 bits per heavy atom. The monoisotopic (exact) mass is 277 g/mol. The van der Waals surface area contributed by atoms with Gasteiger partial charge in [-0.15, -0.1) is 0 Å². The third-order valence-electron chi connectivity index (χ3n) is 3.71. The van der Waals surface area contributed by atoms with Crippen molar-refractivity contribution in [2.45, 2.75) is 70.8 Å². The molecule has 2 heteroatoms. The minimum atomic E-state index is -0.227. The lowest BCUT2D eigenvalue weighted by molar-refractivity contribution is 0.173. The highest BCUT2D eigenvalue weighted by Gasteiger charge is 2.03. The topological polar surface area (TPSA) is 32.3 Å². The highest BCUT2D eigenvalue weighted by atomic mass is 16.3. The van der Waals surface area contributed by atoms with Crippen molar-refractivity contribution in [2.24, 2.45) is 0 Å². The van der Waals surface area contributed by atoms with Crippen LogP contribution in [0.25, 0.3) is 0 Å². The fourth-order valence-electron chi connectivity index (χ4n) is 2.41. The fourth-order valence-corrected chi connectivity index (χ4v) is 2.41. The molecule has 2 nitrogen and oxygen atoms in total. The summed E-state index contributed by atoms with van der Waals surface area (Å²) in [6.45, 7) is 2.91. The van der Waals surface area contributed by atoms with Gasteiger partial charge in [-0.2, -0.15) is 0 Å². The van der Waals surface area contributed by atoms with Crippen molar-refractivity contribution in [3.63, 3.8) is 0 Å². The molecule has 0 aliphatic rings. The number of rotatable bonds is 12. The SMILES string of the molecule is CCCCCCCCCCC(O)CNc1ccccc1. The summed E-state index contributed by atoms with van der Waals surface area (Å²) in [6.07, 6.45) is 11.2. The molecule has 0 radical (unpaired) electrons. The van der Waals surface area contributed by atoms with Gasteiger partial charge in [-0.1, -0.05) is 76.5 Å². The molecule has 0 bridgehead atoms. The Balaban J connectivity index is 1.91. The number of anilines is 1. The number of para-hydroxylation sites is 1. The summed E-state index contributed by atoms with van der Waals surface area (Å²) in [5.74, 6) is 0. The maximum Gasteiger partial charge on any atom is 0.0712 e. The molecule has 1 rings (SSSR count). The van der Waals surface area contributed by atoms with Gasteiger partial charge in [0.25, 0.3) is 0 Å². The number of benzene rings is 1. The zero-order valence-corrected chi connectivity index (χ0v) is 13.0. The Morgan fingerprint density at radius 2 is 1.50 bits per heavy atom. The average Bonchev–Trinajstić information content (AvgIpc) is 2.49. The minimum Gasteiger partial charge on any atom is -0.391 e. The summed E-state index contributed by atoms with van der Waals surface area (Å²) in [6, 6.07) is 10.1. The molecule has 0 saturated carbocycles. The van der Waals surface area contributed by atoms with Crippen LogP contribution in [0.4, 0.5) is 5.69 Å². The van der Waals surface area contributed by atoms with Gasteiger partial charge in [0.2, 0.25) is 0 Å². The van der Waals surface area contributed by atoms with Crippen LogP contribution in [0.5, 0.6) is 0 Å². The number of nitrogens with one attached hydrogen (secondary N) is 1. The van der Waals surface area contributed by atoms with Gasteiger partial charge in [0.15, 0.2) is 0 Å². The van der Waals surface area contributed by atoms with Crippen LogP contribution in [-0.4, -0.2) is 17.8 Å². The number of aliphatic hydroxyl groups excluding tert-OH is 1. The molecule has 20 heavy (non-hydrogen) atoms. The summed E-state index contributed by atoms with van der Waals surface area (Å²) in [4.78, 5) is 0. The third-order valence-corrected chi connectivity index (χ3v) is 3.71. The van der Waals surface area contributed by atoms with E-state index in [0.29, 0.717) is 6.54 Å². The molecule has 0 saturated heterocycles. The molecule has 1 atom stereocenters. The lowest BCUT2D eigenvalue weighted by Gasteiger charge is -2.12. The molecule has 1 unspecified atom stereocenters. The molecular weight excluding hydrogens is 246 g/mol. The Morgan fingerprint density at radius 3 is 2.15 bits per heavy atom. The zero-order valence-electron chi connectivity index (χ0n) is 13.0. The molecular formula is C18H31NO. The number of hydrogen-bond donors (Lipinski definition) is 2. The van der Waals surface area contributed by atoms with Crippen LogP contribution >= 0.6 is 0 Å². The van der Waals surface area contributed by atoms with E-state index in [-0.39, 0.29) is 6.10 Å². The molecule has 114 valence electrons. The van der Waals surface area contributed by atoms with Gasteiger partial charge in [0, 0.05) is 12.2 Å². The Hall–Kier alpha value is -1.02. The van der Waals surface area contributed by atoms with Crippen LogP contribution in [-0.2, 0) is 0 Å². The maximum absolute atomic E-state index is 9.92. The summed E-state index contributed by atoms with van der Waals surface area (Å²) < 4.78 is 0. The molecule has 0 heterocycles. The van der Waals surface area contributed by atoms with Gasteiger partial charge >= 0.3 is 0 Å². The van der Waals surface area contributed by atoms with Gasteiger partial charge in [-0.3, -0.25) is 0 Å². The highest BCUT2D eigenvalue weighted by Crippen LogP contribution is 2.11. The van der Waals surface area contributed by atoms with Crippen molar-refractivity contribution in [1.29, 1.82) is 0 Å². The van der Waals surface area contributed by atoms with Crippen molar-refractivity contribution >= 4 is 5.69 Å². The van der Waals surface area contributed by atoms with Crippen molar-refractivity contribution in [2.75, 3.05) is 11.9 Å².